The first kappa shape index (κ1) is 16.1. The van der Waals surface area contributed by atoms with E-state index in [9.17, 15) is 9.90 Å². The van der Waals surface area contributed by atoms with Gasteiger partial charge in [-0.15, -0.1) is 0 Å². The molecule has 1 atom stereocenters. The lowest BCUT2D eigenvalue weighted by Crippen LogP contribution is -2.43. The van der Waals surface area contributed by atoms with E-state index in [0.717, 1.165) is 25.9 Å². The number of β-amino-alcohol motifs (C(OH)–C–C–N with tert-alkyl or cyclic N) is 1. The Kier molecular flexibility index (Phi) is 5.85. The van der Waals surface area contributed by atoms with E-state index in [1.807, 2.05) is 0 Å². The predicted octanol–water partition coefficient (Wildman–Crippen LogP) is 1.28. The van der Waals surface area contributed by atoms with Crippen molar-refractivity contribution >= 4 is 17.5 Å². The zero-order valence-corrected chi connectivity index (χ0v) is 12.6. The number of nitrogens with zero attached hydrogens (tertiary/aromatic N) is 1. The average Bonchev–Trinajstić information content (AvgIpc) is 2.47. The van der Waals surface area contributed by atoms with Crippen LogP contribution in [-0.4, -0.2) is 48.3 Å². The largest absolute Gasteiger partial charge is 0.491 e. The van der Waals surface area contributed by atoms with E-state index in [2.05, 4.69) is 4.90 Å². The van der Waals surface area contributed by atoms with Gasteiger partial charge < -0.3 is 20.5 Å². The van der Waals surface area contributed by atoms with Gasteiger partial charge in [0.15, 0.2) is 0 Å². The number of piperidine rings is 1. The summed E-state index contributed by atoms with van der Waals surface area (Å²) < 4.78 is 5.51. The van der Waals surface area contributed by atoms with Crippen molar-refractivity contribution in [3.63, 3.8) is 0 Å². The molecule has 1 aromatic rings. The summed E-state index contributed by atoms with van der Waals surface area (Å²) >= 11 is 5.79. The van der Waals surface area contributed by atoms with Crippen molar-refractivity contribution in [3.05, 3.63) is 29.3 Å². The summed E-state index contributed by atoms with van der Waals surface area (Å²) in [7, 11) is 0. The van der Waals surface area contributed by atoms with Crippen molar-refractivity contribution in [2.24, 2.45) is 11.7 Å². The van der Waals surface area contributed by atoms with Crippen molar-refractivity contribution in [2.45, 2.75) is 18.9 Å². The second-order valence-corrected chi connectivity index (χ2v) is 5.83. The molecule has 6 heteroatoms. The summed E-state index contributed by atoms with van der Waals surface area (Å²) in [6, 6.07) is 7.04. The Hall–Kier alpha value is -1.30. The quantitative estimate of drug-likeness (QED) is 0.829. The van der Waals surface area contributed by atoms with E-state index >= 15 is 0 Å². The molecule has 1 unspecified atom stereocenters. The number of hydrogen-bond donors (Lipinski definition) is 2. The van der Waals surface area contributed by atoms with Crippen LogP contribution in [0.2, 0.25) is 5.02 Å². The van der Waals surface area contributed by atoms with Gasteiger partial charge in [-0.25, -0.2) is 0 Å². The molecular weight excluding hydrogens is 292 g/mol. The SMILES string of the molecule is NC(=O)C1CCN(CC(O)COc2ccc(Cl)cc2)CC1. The van der Waals surface area contributed by atoms with Crippen LogP contribution in [0.3, 0.4) is 0 Å². The fourth-order valence-electron chi connectivity index (χ4n) is 2.47. The molecule has 1 saturated heterocycles. The number of carbonyl (C=O) groups excluding carboxylic acids is 1. The van der Waals surface area contributed by atoms with Gasteiger partial charge in [0.05, 0.1) is 0 Å². The fourth-order valence-corrected chi connectivity index (χ4v) is 2.60. The lowest BCUT2D eigenvalue weighted by molar-refractivity contribution is -0.123. The van der Waals surface area contributed by atoms with Gasteiger partial charge in [0.2, 0.25) is 5.91 Å². The highest BCUT2D eigenvalue weighted by Crippen LogP contribution is 2.18. The van der Waals surface area contributed by atoms with E-state index < -0.39 is 6.10 Å². The molecule has 0 bridgehead atoms. The monoisotopic (exact) mass is 312 g/mol. The first-order valence-corrected chi connectivity index (χ1v) is 7.50. The van der Waals surface area contributed by atoms with E-state index in [1.165, 1.54) is 0 Å². The molecule has 0 aliphatic carbocycles. The molecule has 1 aromatic carbocycles. The summed E-state index contributed by atoms with van der Waals surface area (Å²) in [6.07, 6.45) is 0.964. The van der Waals surface area contributed by atoms with Crippen LogP contribution in [0.25, 0.3) is 0 Å². The number of rotatable bonds is 6. The highest BCUT2D eigenvalue weighted by atomic mass is 35.5. The predicted molar refractivity (Wildman–Crippen MR) is 81.3 cm³/mol. The highest BCUT2D eigenvalue weighted by molar-refractivity contribution is 6.30. The van der Waals surface area contributed by atoms with E-state index in [0.29, 0.717) is 17.3 Å². The molecule has 1 fully saturated rings. The molecule has 2 rings (SSSR count). The third-order valence-electron chi connectivity index (χ3n) is 3.71. The average molecular weight is 313 g/mol. The molecule has 116 valence electrons. The van der Waals surface area contributed by atoms with Gasteiger partial charge in [0, 0.05) is 17.5 Å². The number of aliphatic hydroxyl groups excluding tert-OH is 1. The molecule has 0 aromatic heterocycles. The van der Waals surface area contributed by atoms with Gasteiger partial charge in [-0.05, 0) is 50.2 Å². The van der Waals surface area contributed by atoms with Crippen molar-refractivity contribution in [1.82, 2.24) is 4.90 Å². The zero-order valence-electron chi connectivity index (χ0n) is 11.9. The maximum Gasteiger partial charge on any atom is 0.220 e. The van der Waals surface area contributed by atoms with Crippen LogP contribution in [-0.2, 0) is 4.79 Å². The van der Waals surface area contributed by atoms with Crippen LogP contribution in [0.5, 0.6) is 5.75 Å². The summed E-state index contributed by atoms with van der Waals surface area (Å²) in [6.45, 7) is 2.34. The number of primary amides is 1. The molecule has 1 aliphatic rings. The number of halogens is 1. The number of benzene rings is 1. The molecule has 0 radical (unpaired) electrons. The number of hydrogen-bond acceptors (Lipinski definition) is 4. The maximum absolute atomic E-state index is 11.1. The summed E-state index contributed by atoms with van der Waals surface area (Å²) in [5, 5.41) is 10.7. The molecule has 1 heterocycles. The van der Waals surface area contributed by atoms with Crippen LogP contribution in [0, 0.1) is 5.92 Å². The Bertz CT molecular complexity index is 458. The number of ether oxygens (including phenoxy) is 1. The first-order valence-electron chi connectivity index (χ1n) is 7.12. The molecule has 5 nitrogen and oxygen atoms in total. The van der Waals surface area contributed by atoms with Gasteiger partial charge in [0.25, 0.3) is 0 Å². The Morgan fingerprint density at radius 2 is 2.00 bits per heavy atom. The van der Waals surface area contributed by atoms with E-state index in [4.69, 9.17) is 22.1 Å². The first-order chi connectivity index (χ1) is 10.0. The maximum atomic E-state index is 11.1. The van der Waals surface area contributed by atoms with Gasteiger partial charge in [-0.3, -0.25) is 4.79 Å². The van der Waals surface area contributed by atoms with Gasteiger partial charge >= 0.3 is 0 Å². The van der Waals surface area contributed by atoms with Crippen LogP contribution in [0.4, 0.5) is 0 Å². The molecule has 3 N–H and O–H groups in total. The van der Waals surface area contributed by atoms with Crippen molar-refractivity contribution < 1.29 is 14.6 Å². The molecule has 0 saturated carbocycles. The van der Waals surface area contributed by atoms with Crippen LogP contribution in [0.15, 0.2) is 24.3 Å². The number of carbonyl (C=O) groups is 1. The lowest BCUT2D eigenvalue weighted by Gasteiger charge is -2.31. The topological polar surface area (TPSA) is 75.8 Å². The Labute approximate surface area is 129 Å². The minimum Gasteiger partial charge on any atom is -0.491 e. The lowest BCUT2D eigenvalue weighted by atomic mass is 9.96. The summed E-state index contributed by atoms with van der Waals surface area (Å²) in [5.74, 6) is 0.441. The number of amides is 1. The third-order valence-corrected chi connectivity index (χ3v) is 3.97. The van der Waals surface area contributed by atoms with Gasteiger partial charge in [-0.1, -0.05) is 11.6 Å². The number of nitrogens with two attached hydrogens (primary N) is 1. The third kappa shape index (κ3) is 5.19. The van der Waals surface area contributed by atoms with E-state index in [1.54, 1.807) is 24.3 Å². The zero-order chi connectivity index (χ0) is 15.2. The Morgan fingerprint density at radius 1 is 1.38 bits per heavy atom. The molecular formula is C15H21ClN2O3. The van der Waals surface area contributed by atoms with Crippen LogP contribution in [0.1, 0.15) is 12.8 Å². The fraction of sp³-hybridized carbons (Fsp3) is 0.533. The molecule has 0 spiro atoms. The normalized spacial score (nSPS) is 18.4. The van der Waals surface area contributed by atoms with Crippen molar-refractivity contribution in [3.8, 4) is 5.75 Å². The minimum absolute atomic E-state index is 0.0243. The number of aliphatic hydroxyl groups is 1. The number of likely N-dealkylation sites (tertiary alicyclic amines) is 1. The van der Waals surface area contributed by atoms with Gasteiger partial charge in [0.1, 0.15) is 18.5 Å². The van der Waals surface area contributed by atoms with Crippen molar-refractivity contribution in [1.29, 1.82) is 0 Å². The smallest absolute Gasteiger partial charge is 0.220 e. The van der Waals surface area contributed by atoms with Crippen LogP contribution >= 0.6 is 11.6 Å². The standard InChI is InChI=1S/C15H21ClN2O3/c16-12-1-3-14(4-2-12)21-10-13(19)9-18-7-5-11(6-8-18)15(17)20/h1-4,11,13,19H,5-10H2,(H2,17,20). The summed E-state index contributed by atoms with van der Waals surface area (Å²) in [5.41, 5.74) is 5.30. The Balaban J connectivity index is 1.69. The minimum atomic E-state index is -0.564. The van der Waals surface area contributed by atoms with Crippen LogP contribution < -0.4 is 10.5 Å². The Morgan fingerprint density at radius 3 is 2.57 bits per heavy atom. The highest BCUT2D eigenvalue weighted by Gasteiger charge is 2.24. The van der Waals surface area contributed by atoms with E-state index in [-0.39, 0.29) is 18.4 Å². The molecule has 1 aliphatic heterocycles. The second kappa shape index (κ2) is 7.64. The molecule has 21 heavy (non-hydrogen) atoms. The second-order valence-electron chi connectivity index (χ2n) is 5.40. The molecule has 1 amide bonds. The van der Waals surface area contributed by atoms with Gasteiger partial charge in [-0.2, -0.15) is 0 Å². The van der Waals surface area contributed by atoms with Crippen molar-refractivity contribution in [2.75, 3.05) is 26.2 Å². The summed E-state index contributed by atoms with van der Waals surface area (Å²) in [4.78, 5) is 13.2.